The molecule has 0 aliphatic carbocycles. The fourth-order valence-electron chi connectivity index (χ4n) is 2.22. The summed E-state index contributed by atoms with van der Waals surface area (Å²) < 4.78 is 11.7. The van der Waals surface area contributed by atoms with Crippen LogP contribution in [0.2, 0.25) is 0 Å². The molecule has 0 aromatic heterocycles. The van der Waals surface area contributed by atoms with E-state index in [0.717, 1.165) is 25.0 Å². The molecule has 1 aliphatic rings. The van der Waals surface area contributed by atoms with Crippen molar-refractivity contribution in [2.75, 3.05) is 7.05 Å². The maximum Gasteiger partial charge on any atom is 0.161 e. The summed E-state index contributed by atoms with van der Waals surface area (Å²) >= 11 is 0. The normalized spacial score (nSPS) is 32.2. The van der Waals surface area contributed by atoms with Gasteiger partial charge < -0.3 is 19.9 Å². The first kappa shape index (κ1) is 17.2. The molecule has 0 spiro atoms. The third-order valence-corrected chi connectivity index (χ3v) is 3.71. The van der Waals surface area contributed by atoms with Crippen LogP contribution in [0.3, 0.4) is 0 Å². The van der Waals surface area contributed by atoms with E-state index in [4.69, 9.17) is 9.47 Å². The highest BCUT2D eigenvalue weighted by Gasteiger charge is 2.33. The zero-order chi connectivity index (χ0) is 15.1. The van der Waals surface area contributed by atoms with Gasteiger partial charge in [-0.05, 0) is 39.2 Å². The van der Waals surface area contributed by atoms with Gasteiger partial charge in [-0.15, -0.1) is 0 Å². The molecule has 0 bridgehead atoms. The van der Waals surface area contributed by atoms with Gasteiger partial charge in [0.1, 0.15) is 0 Å². The third-order valence-electron chi connectivity index (χ3n) is 3.71. The fraction of sp³-hybridized carbons (Fsp3) is 0.750. The van der Waals surface area contributed by atoms with E-state index in [1.807, 2.05) is 20.0 Å². The Labute approximate surface area is 122 Å². The first-order valence-electron chi connectivity index (χ1n) is 7.46. The van der Waals surface area contributed by atoms with E-state index in [0.29, 0.717) is 0 Å². The van der Waals surface area contributed by atoms with Gasteiger partial charge in [0.2, 0.25) is 0 Å². The molecule has 0 aromatic carbocycles. The molecule has 5 atom stereocenters. The Kier molecular flexibility index (Phi) is 7.27. The molecular weight excluding hydrogens is 254 g/mol. The van der Waals surface area contributed by atoms with Gasteiger partial charge in [0.15, 0.2) is 6.29 Å². The molecule has 116 valence electrons. The van der Waals surface area contributed by atoms with Gasteiger partial charge in [-0.25, -0.2) is 0 Å². The number of ether oxygens (including phenoxy) is 2. The van der Waals surface area contributed by atoms with Crippen molar-refractivity contribution in [2.45, 2.75) is 64.6 Å². The summed E-state index contributed by atoms with van der Waals surface area (Å²) in [5.74, 6) is 0.225. The van der Waals surface area contributed by atoms with E-state index in [-0.39, 0.29) is 30.5 Å². The lowest BCUT2D eigenvalue weighted by molar-refractivity contribution is -0.255. The molecule has 1 aliphatic heterocycles. The van der Waals surface area contributed by atoms with Gasteiger partial charge in [0.25, 0.3) is 0 Å². The molecule has 0 saturated carbocycles. The molecule has 0 amide bonds. The first-order valence-corrected chi connectivity index (χ1v) is 7.46. The maximum absolute atomic E-state index is 9.74. The van der Waals surface area contributed by atoms with Crippen molar-refractivity contribution in [1.29, 1.82) is 0 Å². The highest BCUT2D eigenvalue weighted by molar-refractivity contribution is 5.11. The summed E-state index contributed by atoms with van der Waals surface area (Å²) in [6.07, 6.45) is 6.09. The Bertz CT molecular complexity index is 330. The molecule has 2 N–H and O–H groups in total. The molecule has 0 radical (unpaired) electrons. The van der Waals surface area contributed by atoms with E-state index in [2.05, 4.69) is 31.8 Å². The van der Waals surface area contributed by atoms with E-state index in [1.165, 1.54) is 0 Å². The SMILES string of the molecule is C=C(/C=C/CC[C@@H](C)OC1O[C@@H](C)C(O)C[C@H]1C)NC. The molecule has 1 fully saturated rings. The largest absolute Gasteiger partial charge is 0.390 e. The van der Waals surface area contributed by atoms with Crippen LogP contribution in [0, 0.1) is 5.92 Å². The lowest BCUT2D eigenvalue weighted by atomic mass is 9.96. The fourth-order valence-corrected chi connectivity index (χ4v) is 2.22. The number of rotatable bonds is 7. The van der Waals surface area contributed by atoms with Gasteiger partial charge >= 0.3 is 0 Å². The van der Waals surface area contributed by atoms with E-state index < -0.39 is 0 Å². The van der Waals surface area contributed by atoms with Gasteiger partial charge in [-0.3, -0.25) is 0 Å². The summed E-state index contributed by atoms with van der Waals surface area (Å²) in [5.41, 5.74) is 0.908. The molecule has 2 unspecified atom stereocenters. The van der Waals surface area contributed by atoms with Gasteiger partial charge in [-0.2, -0.15) is 0 Å². The Morgan fingerprint density at radius 3 is 2.90 bits per heavy atom. The second kappa shape index (κ2) is 8.45. The minimum Gasteiger partial charge on any atom is -0.390 e. The molecule has 1 saturated heterocycles. The smallest absolute Gasteiger partial charge is 0.161 e. The number of likely N-dealkylation sites (N-methyl/N-ethyl adjacent to an activating group) is 1. The van der Waals surface area contributed by atoms with E-state index in [9.17, 15) is 5.11 Å². The second-order valence-electron chi connectivity index (χ2n) is 5.69. The summed E-state index contributed by atoms with van der Waals surface area (Å²) in [6.45, 7) is 9.85. The van der Waals surface area contributed by atoms with Crippen molar-refractivity contribution in [3.05, 3.63) is 24.4 Å². The van der Waals surface area contributed by atoms with Crippen LogP contribution in [0.4, 0.5) is 0 Å². The third kappa shape index (κ3) is 5.65. The molecule has 20 heavy (non-hydrogen) atoms. The Hall–Kier alpha value is -0.840. The predicted molar refractivity (Wildman–Crippen MR) is 81.2 cm³/mol. The quantitative estimate of drug-likeness (QED) is 0.705. The van der Waals surface area contributed by atoms with E-state index >= 15 is 0 Å². The minimum atomic E-state index is -0.379. The van der Waals surface area contributed by atoms with Crippen LogP contribution in [0.25, 0.3) is 0 Å². The first-order chi connectivity index (χ1) is 9.43. The summed E-state index contributed by atoms with van der Waals surface area (Å²) in [6, 6.07) is 0. The maximum atomic E-state index is 9.74. The second-order valence-corrected chi connectivity index (χ2v) is 5.69. The van der Waals surface area contributed by atoms with Gasteiger partial charge in [0, 0.05) is 18.7 Å². The number of aliphatic hydroxyl groups is 1. The van der Waals surface area contributed by atoms with Crippen molar-refractivity contribution < 1.29 is 14.6 Å². The highest BCUT2D eigenvalue weighted by atomic mass is 16.7. The summed E-state index contributed by atoms with van der Waals surface area (Å²) in [4.78, 5) is 0. The molecule has 4 nitrogen and oxygen atoms in total. The highest BCUT2D eigenvalue weighted by Crippen LogP contribution is 2.27. The summed E-state index contributed by atoms with van der Waals surface area (Å²) in [7, 11) is 1.86. The lowest BCUT2D eigenvalue weighted by Gasteiger charge is -2.37. The van der Waals surface area contributed by atoms with Crippen molar-refractivity contribution in [3.8, 4) is 0 Å². The van der Waals surface area contributed by atoms with Crippen LogP contribution in [-0.4, -0.2) is 36.8 Å². The molecule has 0 aromatic rings. The predicted octanol–water partition coefficient (Wildman–Crippen LogP) is 2.59. The average molecular weight is 283 g/mol. The van der Waals surface area contributed by atoms with Crippen LogP contribution in [-0.2, 0) is 9.47 Å². The van der Waals surface area contributed by atoms with Crippen molar-refractivity contribution in [2.24, 2.45) is 5.92 Å². The van der Waals surface area contributed by atoms with Gasteiger partial charge in [-0.1, -0.05) is 19.6 Å². The number of aliphatic hydroxyl groups excluding tert-OH is 1. The Morgan fingerprint density at radius 1 is 1.55 bits per heavy atom. The zero-order valence-corrected chi connectivity index (χ0v) is 13.1. The van der Waals surface area contributed by atoms with Gasteiger partial charge in [0.05, 0.1) is 18.3 Å². The van der Waals surface area contributed by atoms with Crippen LogP contribution < -0.4 is 5.32 Å². The summed E-state index contributed by atoms with van der Waals surface area (Å²) in [5, 5.41) is 12.7. The monoisotopic (exact) mass is 283 g/mol. The number of hydrogen-bond donors (Lipinski definition) is 2. The van der Waals surface area contributed by atoms with Crippen molar-refractivity contribution in [3.63, 3.8) is 0 Å². The van der Waals surface area contributed by atoms with Crippen LogP contribution in [0.5, 0.6) is 0 Å². The Balaban J connectivity index is 2.29. The Morgan fingerprint density at radius 2 is 2.25 bits per heavy atom. The molecular formula is C16H29NO3. The number of hydrogen-bond acceptors (Lipinski definition) is 4. The lowest BCUT2D eigenvalue weighted by Crippen LogP contribution is -2.44. The topological polar surface area (TPSA) is 50.7 Å². The average Bonchev–Trinajstić information content (AvgIpc) is 2.40. The standard InChI is InChI=1S/C16H29NO3/c1-11-10-15(18)14(4)20-16(11)19-13(3)9-7-6-8-12(2)17-5/h6,8,11,13-18H,2,7,9-10H2,1,3-5H3/b8-6+/t11-,13-,14+,15?,16?/m1/s1. The van der Waals surface area contributed by atoms with Crippen LogP contribution in [0.1, 0.15) is 40.0 Å². The van der Waals surface area contributed by atoms with Crippen LogP contribution >= 0.6 is 0 Å². The molecule has 1 rings (SSSR count). The molecule has 1 heterocycles. The van der Waals surface area contributed by atoms with E-state index in [1.54, 1.807) is 0 Å². The van der Waals surface area contributed by atoms with Crippen molar-refractivity contribution in [1.82, 2.24) is 5.32 Å². The molecule has 4 heteroatoms. The van der Waals surface area contributed by atoms with Crippen LogP contribution in [0.15, 0.2) is 24.4 Å². The number of nitrogens with one attached hydrogen (secondary N) is 1. The number of allylic oxidation sites excluding steroid dienone is 2. The minimum absolute atomic E-state index is 0.136. The van der Waals surface area contributed by atoms with Crippen molar-refractivity contribution >= 4 is 0 Å². The zero-order valence-electron chi connectivity index (χ0n) is 13.1.